The van der Waals surface area contributed by atoms with E-state index in [-0.39, 0.29) is 0 Å². The first-order chi connectivity index (χ1) is 7.90. The lowest BCUT2D eigenvalue weighted by atomic mass is 9.85. The second-order valence-corrected chi connectivity index (χ2v) is 7.21. The highest BCUT2D eigenvalue weighted by Crippen LogP contribution is 2.51. The quantitative estimate of drug-likeness (QED) is 0.815. The van der Waals surface area contributed by atoms with Crippen LogP contribution in [0.1, 0.15) is 51.3 Å². The van der Waals surface area contributed by atoms with Crippen LogP contribution in [0.3, 0.4) is 0 Å². The van der Waals surface area contributed by atoms with Crippen molar-refractivity contribution in [1.29, 1.82) is 0 Å². The summed E-state index contributed by atoms with van der Waals surface area (Å²) in [5, 5.41) is 3.89. The average Bonchev–Trinajstić information content (AvgIpc) is 2.73. The minimum absolute atomic E-state index is 0.350. The molecule has 0 heterocycles. The molecule has 0 spiro atoms. The molecule has 2 aliphatic carbocycles. The van der Waals surface area contributed by atoms with Gasteiger partial charge in [0, 0.05) is 12.1 Å². The first-order valence-corrected chi connectivity index (χ1v) is 6.74. The number of benzene rings is 1. The van der Waals surface area contributed by atoms with E-state index in [2.05, 4.69) is 57.3 Å². The topological polar surface area (TPSA) is 12.0 Å². The second-order valence-electron chi connectivity index (χ2n) is 7.21. The molecule has 0 aromatic heterocycles. The standard InChI is InChI=1S/C16H23N/c1-15(2)10-13(15)17-14-12-8-6-5-7-11(12)9-16(14,3)4/h5-8,13-14,17H,9-10H2,1-4H3. The van der Waals surface area contributed by atoms with Gasteiger partial charge >= 0.3 is 0 Å². The summed E-state index contributed by atoms with van der Waals surface area (Å²) in [7, 11) is 0. The smallest absolute Gasteiger partial charge is 0.0380 e. The summed E-state index contributed by atoms with van der Waals surface area (Å²) in [6.45, 7) is 9.50. The van der Waals surface area contributed by atoms with Gasteiger partial charge in [0.25, 0.3) is 0 Å². The Hall–Kier alpha value is -0.820. The molecule has 17 heavy (non-hydrogen) atoms. The van der Waals surface area contributed by atoms with Crippen LogP contribution in [0.4, 0.5) is 0 Å². The van der Waals surface area contributed by atoms with E-state index in [4.69, 9.17) is 0 Å². The predicted molar refractivity (Wildman–Crippen MR) is 72.0 cm³/mol. The molecule has 1 saturated carbocycles. The molecule has 0 radical (unpaired) electrons. The van der Waals surface area contributed by atoms with Crippen LogP contribution in [-0.4, -0.2) is 6.04 Å². The number of fused-ring (bicyclic) bond motifs is 1. The van der Waals surface area contributed by atoms with E-state index in [9.17, 15) is 0 Å². The Bertz CT molecular complexity index is 445. The van der Waals surface area contributed by atoms with Crippen molar-refractivity contribution in [3.05, 3.63) is 35.4 Å². The Morgan fingerprint density at radius 3 is 2.35 bits per heavy atom. The van der Waals surface area contributed by atoms with Crippen molar-refractivity contribution >= 4 is 0 Å². The van der Waals surface area contributed by atoms with Gasteiger partial charge in [0.05, 0.1) is 0 Å². The third kappa shape index (κ3) is 1.81. The first kappa shape index (κ1) is 11.3. The van der Waals surface area contributed by atoms with E-state index in [0.717, 1.165) is 0 Å². The summed E-state index contributed by atoms with van der Waals surface area (Å²) in [6.07, 6.45) is 2.52. The average molecular weight is 229 g/mol. The highest BCUT2D eigenvalue weighted by atomic mass is 15.0. The monoisotopic (exact) mass is 229 g/mol. The molecule has 0 bridgehead atoms. The summed E-state index contributed by atoms with van der Waals surface area (Å²) in [5.41, 5.74) is 3.92. The minimum Gasteiger partial charge on any atom is -0.306 e. The van der Waals surface area contributed by atoms with Crippen LogP contribution in [0.25, 0.3) is 0 Å². The molecule has 2 aliphatic rings. The van der Waals surface area contributed by atoms with Gasteiger partial charge in [-0.3, -0.25) is 0 Å². The molecule has 1 heteroatoms. The number of rotatable bonds is 2. The summed E-state index contributed by atoms with van der Waals surface area (Å²) >= 11 is 0. The van der Waals surface area contributed by atoms with Gasteiger partial charge in [-0.1, -0.05) is 52.0 Å². The third-order valence-electron chi connectivity index (χ3n) is 4.67. The van der Waals surface area contributed by atoms with E-state index >= 15 is 0 Å². The van der Waals surface area contributed by atoms with Crippen molar-refractivity contribution in [2.45, 2.75) is 52.6 Å². The number of hydrogen-bond donors (Lipinski definition) is 1. The highest BCUT2D eigenvalue weighted by molar-refractivity contribution is 5.38. The normalized spacial score (nSPS) is 32.2. The lowest BCUT2D eigenvalue weighted by Gasteiger charge is -2.29. The Labute approximate surface area is 105 Å². The zero-order valence-electron chi connectivity index (χ0n) is 11.4. The van der Waals surface area contributed by atoms with Crippen molar-refractivity contribution in [2.24, 2.45) is 10.8 Å². The second kappa shape index (κ2) is 3.35. The van der Waals surface area contributed by atoms with Crippen molar-refractivity contribution in [3.8, 4) is 0 Å². The molecule has 1 aromatic rings. The van der Waals surface area contributed by atoms with E-state index in [1.165, 1.54) is 24.0 Å². The Kier molecular flexibility index (Phi) is 2.22. The van der Waals surface area contributed by atoms with Crippen LogP contribution < -0.4 is 5.32 Å². The van der Waals surface area contributed by atoms with E-state index < -0.39 is 0 Å². The largest absolute Gasteiger partial charge is 0.306 e. The molecular weight excluding hydrogens is 206 g/mol. The first-order valence-electron chi connectivity index (χ1n) is 6.74. The van der Waals surface area contributed by atoms with E-state index in [1.807, 2.05) is 0 Å². The summed E-state index contributed by atoms with van der Waals surface area (Å²) in [6, 6.07) is 10.2. The van der Waals surface area contributed by atoms with Gasteiger partial charge in [0.1, 0.15) is 0 Å². The van der Waals surface area contributed by atoms with E-state index in [0.29, 0.717) is 22.9 Å². The molecule has 2 atom stereocenters. The molecule has 0 saturated heterocycles. The Balaban J connectivity index is 1.87. The van der Waals surface area contributed by atoms with E-state index in [1.54, 1.807) is 0 Å². The molecule has 92 valence electrons. The molecule has 1 N–H and O–H groups in total. The molecule has 1 aromatic carbocycles. The van der Waals surface area contributed by atoms with Crippen LogP contribution in [-0.2, 0) is 6.42 Å². The van der Waals surface area contributed by atoms with Crippen LogP contribution in [0.2, 0.25) is 0 Å². The molecule has 0 amide bonds. The number of hydrogen-bond acceptors (Lipinski definition) is 1. The maximum absolute atomic E-state index is 3.89. The van der Waals surface area contributed by atoms with Crippen LogP contribution in [0.5, 0.6) is 0 Å². The van der Waals surface area contributed by atoms with Gasteiger partial charge in [-0.25, -0.2) is 0 Å². The zero-order chi connectivity index (χ0) is 12.3. The fourth-order valence-electron chi connectivity index (χ4n) is 3.26. The van der Waals surface area contributed by atoms with Gasteiger partial charge in [0.2, 0.25) is 0 Å². The molecule has 0 aliphatic heterocycles. The maximum Gasteiger partial charge on any atom is 0.0380 e. The van der Waals surface area contributed by atoms with Crippen molar-refractivity contribution in [3.63, 3.8) is 0 Å². The highest BCUT2D eigenvalue weighted by Gasteiger charge is 2.49. The zero-order valence-corrected chi connectivity index (χ0v) is 11.4. The molecular formula is C16H23N. The van der Waals surface area contributed by atoms with Crippen LogP contribution >= 0.6 is 0 Å². The van der Waals surface area contributed by atoms with Gasteiger partial charge in [-0.05, 0) is 34.8 Å². The molecule has 1 fully saturated rings. The summed E-state index contributed by atoms with van der Waals surface area (Å²) < 4.78 is 0. The predicted octanol–water partition coefficient (Wildman–Crippen LogP) is 3.70. The number of nitrogens with one attached hydrogen (secondary N) is 1. The van der Waals surface area contributed by atoms with Crippen molar-refractivity contribution in [2.75, 3.05) is 0 Å². The van der Waals surface area contributed by atoms with Gasteiger partial charge in [-0.2, -0.15) is 0 Å². The Morgan fingerprint density at radius 1 is 1.06 bits per heavy atom. The minimum atomic E-state index is 0.350. The fraction of sp³-hybridized carbons (Fsp3) is 0.625. The summed E-state index contributed by atoms with van der Waals surface area (Å²) in [4.78, 5) is 0. The van der Waals surface area contributed by atoms with Crippen LogP contribution in [0, 0.1) is 10.8 Å². The van der Waals surface area contributed by atoms with Gasteiger partial charge in [0.15, 0.2) is 0 Å². The molecule has 1 nitrogen and oxygen atoms in total. The maximum atomic E-state index is 3.89. The SMILES string of the molecule is CC1(C)CC1NC1c2ccccc2CC1(C)C. The van der Waals surface area contributed by atoms with Crippen molar-refractivity contribution < 1.29 is 0 Å². The van der Waals surface area contributed by atoms with Gasteiger partial charge < -0.3 is 5.32 Å². The third-order valence-corrected chi connectivity index (χ3v) is 4.67. The lowest BCUT2D eigenvalue weighted by Crippen LogP contribution is -2.34. The lowest BCUT2D eigenvalue weighted by molar-refractivity contribution is 0.260. The summed E-state index contributed by atoms with van der Waals surface area (Å²) in [5.74, 6) is 0. The fourth-order valence-corrected chi connectivity index (χ4v) is 3.26. The van der Waals surface area contributed by atoms with Crippen molar-refractivity contribution in [1.82, 2.24) is 5.32 Å². The Morgan fingerprint density at radius 2 is 1.71 bits per heavy atom. The van der Waals surface area contributed by atoms with Crippen LogP contribution in [0.15, 0.2) is 24.3 Å². The molecule has 3 rings (SSSR count). The van der Waals surface area contributed by atoms with Gasteiger partial charge in [-0.15, -0.1) is 0 Å². The molecule has 2 unspecified atom stereocenters.